The maximum atomic E-state index is 4.76. The summed E-state index contributed by atoms with van der Waals surface area (Å²) in [6, 6.07) is 13.6. The first kappa shape index (κ1) is 18.1. The minimum absolute atomic E-state index is 0.509. The van der Waals surface area contributed by atoms with E-state index in [0.29, 0.717) is 5.92 Å². The fourth-order valence-corrected chi connectivity index (χ4v) is 4.93. The molecule has 29 heavy (non-hydrogen) atoms. The zero-order valence-corrected chi connectivity index (χ0v) is 18.2. The minimum atomic E-state index is 0.509. The van der Waals surface area contributed by atoms with Gasteiger partial charge in [0.15, 0.2) is 0 Å². The Balaban J connectivity index is 1.80. The van der Waals surface area contributed by atoms with Crippen molar-refractivity contribution in [2.24, 2.45) is 7.05 Å². The molecule has 0 atom stereocenters. The van der Waals surface area contributed by atoms with Crippen LogP contribution in [0.15, 0.2) is 42.6 Å². The molecule has 2 aromatic carbocycles. The standard InChI is InChI=1S/C26H28N3/c1-15(2)19-8-7-9-22-20(19)10-11-23(28(22)6)26-18(5)16(3)12-24-21(26)13-25-27-17(4)14-29(24)25/h7-12,14-15H,13H2,1-6H3/q+1. The van der Waals surface area contributed by atoms with Crippen LogP contribution in [0.5, 0.6) is 0 Å². The lowest BCUT2D eigenvalue weighted by molar-refractivity contribution is -0.633. The summed E-state index contributed by atoms with van der Waals surface area (Å²) < 4.78 is 4.65. The molecule has 5 rings (SSSR count). The van der Waals surface area contributed by atoms with Crippen molar-refractivity contribution in [2.75, 3.05) is 0 Å². The van der Waals surface area contributed by atoms with Crippen LogP contribution in [0, 0.1) is 20.8 Å². The van der Waals surface area contributed by atoms with E-state index in [-0.39, 0.29) is 0 Å². The molecule has 0 amide bonds. The van der Waals surface area contributed by atoms with E-state index in [1.165, 1.54) is 50.1 Å². The third kappa shape index (κ3) is 2.57. The molecule has 0 bridgehead atoms. The molecule has 3 nitrogen and oxygen atoms in total. The van der Waals surface area contributed by atoms with Gasteiger partial charge in [0, 0.05) is 30.1 Å². The molecule has 0 N–H and O–H groups in total. The van der Waals surface area contributed by atoms with Crippen molar-refractivity contribution in [1.82, 2.24) is 9.55 Å². The summed E-state index contributed by atoms with van der Waals surface area (Å²) in [6.07, 6.45) is 3.05. The number of rotatable bonds is 2. The van der Waals surface area contributed by atoms with Crippen LogP contribution in [-0.2, 0) is 13.5 Å². The minimum Gasteiger partial charge on any atom is -0.303 e. The molecule has 0 saturated heterocycles. The molecule has 0 radical (unpaired) electrons. The highest BCUT2D eigenvalue weighted by molar-refractivity contribution is 5.83. The molecule has 0 spiro atoms. The number of hydrogen-bond acceptors (Lipinski definition) is 1. The average molecular weight is 383 g/mol. The van der Waals surface area contributed by atoms with E-state index < -0.39 is 0 Å². The second-order valence-electron chi connectivity index (χ2n) is 8.75. The van der Waals surface area contributed by atoms with E-state index in [2.05, 4.69) is 93.4 Å². The molecule has 146 valence electrons. The quantitative estimate of drug-likeness (QED) is 0.371. The molecule has 0 aliphatic carbocycles. The van der Waals surface area contributed by atoms with Crippen LogP contribution in [0.4, 0.5) is 0 Å². The molecular weight excluding hydrogens is 354 g/mol. The van der Waals surface area contributed by atoms with Crippen molar-refractivity contribution in [2.45, 2.75) is 47.0 Å². The van der Waals surface area contributed by atoms with Crippen molar-refractivity contribution in [1.29, 1.82) is 0 Å². The van der Waals surface area contributed by atoms with Gasteiger partial charge in [0.05, 0.1) is 16.9 Å². The Labute approximate surface area is 172 Å². The summed E-state index contributed by atoms with van der Waals surface area (Å²) in [4.78, 5) is 4.76. The summed E-state index contributed by atoms with van der Waals surface area (Å²) in [5, 5.41) is 1.35. The summed E-state index contributed by atoms with van der Waals surface area (Å²) in [6.45, 7) is 11.1. The molecule has 3 heterocycles. The number of pyridine rings is 1. The fraction of sp³-hybridized carbons (Fsp3) is 0.308. The summed E-state index contributed by atoms with van der Waals surface area (Å²) in [7, 11) is 2.20. The van der Waals surface area contributed by atoms with Crippen LogP contribution < -0.4 is 4.57 Å². The lowest BCUT2D eigenvalue weighted by Gasteiger charge is -2.15. The monoisotopic (exact) mass is 382 g/mol. The molecule has 1 aliphatic heterocycles. The van der Waals surface area contributed by atoms with E-state index in [4.69, 9.17) is 4.98 Å². The van der Waals surface area contributed by atoms with E-state index in [9.17, 15) is 0 Å². The molecular formula is C26H28N3+. The Bertz CT molecular complexity index is 1290. The molecule has 4 aromatic rings. The largest absolute Gasteiger partial charge is 0.303 e. The van der Waals surface area contributed by atoms with Gasteiger partial charge in [-0.15, -0.1) is 0 Å². The Morgan fingerprint density at radius 3 is 2.62 bits per heavy atom. The van der Waals surface area contributed by atoms with Crippen LogP contribution in [-0.4, -0.2) is 9.55 Å². The van der Waals surface area contributed by atoms with Gasteiger partial charge in [0.25, 0.3) is 0 Å². The number of benzene rings is 2. The Morgan fingerprint density at radius 1 is 1.07 bits per heavy atom. The van der Waals surface area contributed by atoms with Gasteiger partial charge in [-0.05, 0) is 61.1 Å². The fourth-order valence-electron chi connectivity index (χ4n) is 4.93. The summed E-state index contributed by atoms with van der Waals surface area (Å²) in [5.74, 6) is 1.66. The van der Waals surface area contributed by atoms with Crippen LogP contribution in [0.1, 0.15) is 53.5 Å². The lowest BCUT2D eigenvalue weighted by Crippen LogP contribution is -2.32. The number of nitrogens with zero attached hydrogens (tertiary/aromatic N) is 3. The van der Waals surface area contributed by atoms with E-state index in [1.807, 2.05) is 0 Å². The Kier molecular flexibility index (Phi) is 3.92. The first-order valence-electron chi connectivity index (χ1n) is 10.5. The topological polar surface area (TPSA) is 21.7 Å². The third-order valence-corrected chi connectivity index (χ3v) is 6.55. The van der Waals surface area contributed by atoms with Gasteiger partial charge < -0.3 is 4.57 Å². The van der Waals surface area contributed by atoms with E-state index in [1.54, 1.807) is 0 Å². The number of imidazole rings is 1. The highest BCUT2D eigenvalue weighted by Crippen LogP contribution is 2.39. The first-order chi connectivity index (χ1) is 13.9. The van der Waals surface area contributed by atoms with Crippen molar-refractivity contribution in [3.05, 3.63) is 76.4 Å². The predicted molar refractivity (Wildman–Crippen MR) is 119 cm³/mol. The van der Waals surface area contributed by atoms with Gasteiger partial charge in [-0.25, -0.2) is 4.98 Å². The Hall–Kier alpha value is -2.94. The predicted octanol–water partition coefficient (Wildman–Crippen LogP) is 5.47. The number of aryl methyl sites for hydroxylation is 3. The second kappa shape index (κ2) is 6.28. The van der Waals surface area contributed by atoms with Gasteiger partial charge in [-0.2, -0.15) is 4.57 Å². The van der Waals surface area contributed by atoms with Crippen molar-refractivity contribution in [3.8, 4) is 16.9 Å². The van der Waals surface area contributed by atoms with Gasteiger partial charge in [-0.3, -0.25) is 0 Å². The van der Waals surface area contributed by atoms with Crippen molar-refractivity contribution in [3.63, 3.8) is 0 Å². The number of fused-ring (bicyclic) bond motifs is 4. The molecule has 0 fully saturated rings. The van der Waals surface area contributed by atoms with Gasteiger partial charge in [-0.1, -0.05) is 26.0 Å². The van der Waals surface area contributed by atoms with E-state index in [0.717, 1.165) is 17.9 Å². The normalized spacial score (nSPS) is 12.7. The van der Waals surface area contributed by atoms with Crippen molar-refractivity contribution < 1.29 is 4.57 Å². The van der Waals surface area contributed by atoms with Crippen LogP contribution in [0.3, 0.4) is 0 Å². The Morgan fingerprint density at radius 2 is 1.86 bits per heavy atom. The third-order valence-electron chi connectivity index (χ3n) is 6.55. The first-order valence-corrected chi connectivity index (χ1v) is 10.5. The zero-order valence-electron chi connectivity index (χ0n) is 18.2. The molecule has 2 aromatic heterocycles. The molecule has 0 unspecified atom stereocenters. The van der Waals surface area contributed by atoms with E-state index >= 15 is 0 Å². The molecule has 1 aliphatic rings. The SMILES string of the molecule is Cc1cn2c(n1)Cc1c-2cc(C)c(C)c1-c1ccc2c(C(C)C)cccc2[n+]1C. The zero-order chi connectivity index (χ0) is 20.4. The van der Waals surface area contributed by atoms with Gasteiger partial charge in [0.1, 0.15) is 12.9 Å². The van der Waals surface area contributed by atoms with Gasteiger partial charge >= 0.3 is 0 Å². The molecule has 0 saturated carbocycles. The summed E-state index contributed by atoms with van der Waals surface area (Å²) in [5.41, 5.74) is 11.8. The van der Waals surface area contributed by atoms with Crippen LogP contribution in [0.25, 0.3) is 27.8 Å². The van der Waals surface area contributed by atoms with Crippen LogP contribution >= 0.6 is 0 Å². The second-order valence-corrected chi connectivity index (χ2v) is 8.75. The maximum Gasteiger partial charge on any atom is 0.213 e. The lowest BCUT2D eigenvalue weighted by atomic mass is 9.91. The van der Waals surface area contributed by atoms with Crippen molar-refractivity contribution >= 4 is 10.9 Å². The highest BCUT2D eigenvalue weighted by atomic mass is 15.1. The summed E-state index contributed by atoms with van der Waals surface area (Å²) >= 11 is 0. The van der Waals surface area contributed by atoms with Crippen LogP contribution in [0.2, 0.25) is 0 Å². The highest BCUT2D eigenvalue weighted by Gasteiger charge is 2.29. The number of aromatic nitrogens is 3. The average Bonchev–Trinajstić information content (AvgIpc) is 3.20. The van der Waals surface area contributed by atoms with Gasteiger partial charge in [0.2, 0.25) is 11.2 Å². The maximum absolute atomic E-state index is 4.76. The smallest absolute Gasteiger partial charge is 0.213 e. The number of hydrogen-bond donors (Lipinski definition) is 0. The molecule has 3 heteroatoms.